The lowest BCUT2D eigenvalue weighted by Crippen LogP contribution is -2.39. The predicted molar refractivity (Wildman–Crippen MR) is 119 cm³/mol. The Bertz CT molecular complexity index is 1370. The Morgan fingerprint density at radius 1 is 1.16 bits per heavy atom. The Hall–Kier alpha value is -3.24. The van der Waals surface area contributed by atoms with Gasteiger partial charge in [0, 0.05) is 18.0 Å². The third kappa shape index (κ3) is 2.94. The van der Waals surface area contributed by atoms with E-state index in [-0.39, 0.29) is 11.4 Å². The van der Waals surface area contributed by atoms with E-state index in [1.807, 2.05) is 0 Å². The molecule has 1 atom stereocenters. The van der Waals surface area contributed by atoms with Crippen LogP contribution in [0.3, 0.4) is 0 Å². The average molecular weight is 470 g/mol. The van der Waals surface area contributed by atoms with Crippen molar-refractivity contribution >= 4 is 46.3 Å². The molecule has 0 saturated heterocycles. The van der Waals surface area contributed by atoms with Crippen LogP contribution in [0.15, 0.2) is 36.9 Å². The number of nitrogens with zero attached hydrogens (tertiary/aromatic N) is 8. The van der Waals surface area contributed by atoms with Gasteiger partial charge in [0.1, 0.15) is 0 Å². The first-order valence-electron chi connectivity index (χ1n) is 10.1. The molecule has 0 aromatic carbocycles. The van der Waals surface area contributed by atoms with Gasteiger partial charge in [-0.3, -0.25) is 4.90 Å². The zero-order valence-electron chi connectivity index (χ0n) is 16.9. The smallest absolute Gasteiger partial charge is 0.306 e. The predicted octanol–water partition coefficient (Wildman–Crippen LogP) is 3.73. The second-order valence-corrected chi connectivity index (χ2v) is 9.08. The molecule has 0 bridgehead atoms. The van der Waals surface area contributed by atoms with Crippen molar-refractivity contribution in [2.75, 3.05) is 16.8 Å². The van der Waals surface area contributed by atoms with Gasteiger partial charge in [0.05, 0.1) is 46.9 Å². The second kappa shape index (κ2) is 6.88. The van der Waals surface area contributed by atoms with Crippen LogP contribution in [0.5, 0.6) is 0 Å². The van der Waals surface area contributed by atoms with Gasteiger partial charge in [-0.15, -0.1) is 4.80 Å². The summed E-state index contributed by atoms with van der Waals surface area (Å²) in [5.74, 6) is 0.856. The topological polar surface area (TPSA) is 106 Å². The third-order valence-electron chi connectivity index (χ3n) is 6.16. The molecule has 32 heavy (non-hydrogen) atoms. The van der Waals surface area contributed by atoms with Crippen LogP contribution in [0.2, 0.25) is 10.2 Å². The monoisotopic (exact) mass is 469 g/mol. The zero-order valence-corrected chi connectivity index (χ0v) is 18.4. The summed E-state index contributed by atoms with van der Waals surface area (Å²) in [5, 5.41) is 16.1. The minimum atomic E-state index is -0.294. The Morgan fingerprint density at radius 3 is 2.66 bits per heavy atom. The van der Waals surface area contributed by atoms with Crippen LogP contribution in [-0.4, -0.2) is 47.2 Å². The van der Waals surface area contributed by atoms with Crippen LogP contribution in [0.4, 0.5) is 16.2 Å². The van der Waals surface area contributed by atoms with E-state index in [2.05, 4.69) is 37.5 Å². The summed E-state index contributed by atoms with van der Waals surface area (Å²) in [5.41, 5.74) is 2.58. The number of amides is 2. The number of fused-ring (bicyclic) bond motifs is 3. The lowest BCUT2D eigenvalue weighted by atomic mass is 9.83. The number of carbonyl (C=O) groups excluding carboxylic acids is 1. The number of urea groups is 1. The van der Waals surface area contributed by atoms with Crippen LogP contribution in [0.25, 0.3) is 11.5 Å². The van der Waals surface area contributed by atoms with E-state index >= 15 is 0 Å². The maximum absolute atomic E-state index is 13.3. The van der Waals surface area contributed by atoms with E-state index in [0.29, 0.717) is 39.8 Å². The van der Waals surface area contributed by atoms with Crippen molar-refractivity contribution < 1.29 is 4.79 Å². The number of nitrogens with one attached hydrogen (secondary N) is 1. The quantitative estimate of drug-likeness (QED) is 0.489. The fourth-order valence-corrected chi connectivity index (χ4v) is 4.92. The van der Waals surface area contributed by atoms with Crippen LogP contribution < -0.4 is 10.2 Å². The van der Waals surface area contributed by atoms with Crippen molar-refractivity contribution in [2.45, 2.75) is 25.2 Å². The minimum Gasteiger partial charge on any atom is -0.306 e. The molecule has 1 aliphatic heterocycles. The molecule has 2 aliphatic rings. The van der Waals surface area contributed by atoms with E-state index in [4.69, 9.17) is 23.2 Å². The van der Waals surface area contributed by atoms with E-state index in [9.17, 15) is 4.79 Å². The van der Waals surface area contributed by atoms with E-state index < -0.39 is 0 Å². The van der Waals surface area contributed by atoms with Crippen LogP contribution >= 0.6 is 23.2 Å². The highest BCUT2D eigenvalue weighted by molar-refractivity contribution is 6.32. The number of aromatic nitrogens is 7. The molecule has 4 aromatic heterocycles. The molecular formula is C20H17Cl2N9O. The SMILES string of the molecule is CC1(C2CC2)CN(C(=O)Nc2cnc(-n3nccn3)c(Cl)c2)c2cnc3cc(Cl)nn3c21. The average Bonchev–Trinajstić information content (AvgIpc) is 3.21. The van der Waals surface area contributed by atoms with Crippen molar-refractivity contribution in [2.24, 2.45) is 5.92 Å². The lowest BCUT2D eigenvalue weighted by Gasteiger charge is -2.25. The number of hydrogen-bond donors (Lipinski definition) is 1. The molecule has 6 rings (SSSR count). The minimum absolute atomic E-state index is 0.241. The number of rotatable bonds is 3. The van der Waals surface area contributed by atoms with Gasteiger partial charge in [-0.2, -0.15) is 15.3 Å². The summed E-state index contributed by atoms with van der Waals surface area (Å²) in [6.45, 7) is 2.70. The van der Waals surface area contributed by atoms with Crippen molar-refractivity contribution in [3.63, 3.8) is 0 Å². The number of hydrogen-bond acceptors (Lipinski definition) is 6. The molecule has 1 aliphatic carbocycles. The summed E-state index contributed by atoms with van der Waals surface area (Å²) < 4.78 is 1.77. The number of carbonyl (C=O) groups is 1. The van der Waals surface area contributed by atoms with Gasteiger partial charge in [0.15, 0.2) is 16.6 Å². The molecule has 0 spiro atoms. The van der Waals surface area contributed by atoms with E-state index in [0.717, 1.165) is 24.2 Å². The summed E-state index contributed by atoms with van der Waals surface area (Å²) >= 11 is 12.5. The Labute approximate surface area is 192 Å². The Balaban J connectivity index is 1.34. The fraction of sp³-hybridized carbons (Fsp3) is 0.300. The van der Waals surface area contributed by atoms with Crippen LogP contribution in [-0.2, 0) is 5.41 Å². The molecule has 10 nitrogen and oxygen atoms in total. The first-order chi connectivity index (χ1) is 15.4. The molecule has 4 aromatic rings. The summed E-state index contributed by atoms with van der Waals surface area (Å²) in [6.07, 6.45) is 8.54. The van der Waals surface area contributed by atoms with Gasteiger partial charge in [-0.25, -0.2) is 19.3 Å². The first kappa shape index (κ1) is 19.4. The number of pyridine rings is 1. The van der Waals surface area contributed by atoms with Crippen molar-refractivity contribution in [3.8, 4) is 5.82 Å². The highest BCUT2D eigenvalue weighted by Gasteiger charge is 2.52. The summed E-state index contributed by atoms with van der Waals surface area (Å²) in [6, 6.07) is 3.05. The van der Waals surface area contributed by atoms with E-state index in [1.54, 1.807) is 27.7 Å². The highest BCUT2D eigenvalue weighted by atomic mass is 35.5. The molecule has 162 valence electrons. The molecular weight excluding hydrogens is 453 g/mol. The molecule has 1 saturated carbocycles. The third-order valence-corrected chi connectivity index (χ3v) is 6.62. The van der Waals surface area contributed by atoms with Crippen molar-refractivity contribution in [1.82, 2.24) is 34.6 Å². The molecule has 1 fully saturated rings. The molecule has 2 amide bonds. The Kier molecular flexibility index (Phi) is 4.18. The van der Waals surface area contributed by atoms with Crippen molar-refractivity contribution in [1.29, 1.82) is 0 Å². The van der Waals surface area contributed by atoms with Gasteiger partial charge >= 0.3 is 6.03 Å². The summed E-state index contributed by atoms with van der Waals surface area (Å²) in [4.78, 5) is 25.1. The number of anilines is 2. The van der Waals surface area contributed by atoms with Crippen LogP contribution in [0, 0.1) is 5.92 Å². The van der Waals surface area contributed by atoms with Gasteiger partial charge < -0.3 is 5.32 Å². The molecule has 1 unspecified atom stereocenters. The molecule has 0 radical (unpaired) electrons. The Morgan fingerprint density at radius 2 is 1.94 bits per heavy atom. The standard InChI is InChI=1S/C20H17Cl2N9O/c1-20(11-2-3-11)10-29(14-9-23-16-7-15(22)28-30(16)17(14)20)19(32)27-12-6-13(21)18(24-8-12)31-25-4-5-26-31/h4-9,11H,2-3,10H2,1H3,(H,27,32). The molecule has 1 N–H and O–H groups in total. The molecule has 5 heterocycles. The van der Waals surface area contributed by atoms with Gasteiger partial charge in [-0.1, -0.05) is 30.1 Å². The van der Waals surface area contributed by atoms with E-state index in [1.165, 1.54) is 23.4 Å². The van der Waals surface area contributed by atoms with Gasteiger partial charge in [-0.05, 0) is 24.8 Å². The normalized spacial score (nSPS) is 20.0. The maximum Gasteiger partial charge on any atom is 0.326 e. The van der Waals surface area contributed by atoms with Crippen LogP contribution in [0.1, 0.15) is 25.5 Å². The second-order valence-electron chi connectivity index (χ2n) is 8.29. The zero-order chi connectivity index (χ0) is 22.0. The van der Waals surface area contributed by atoms with Gasteiger partial charge in [0.2, 0.25) is 0 Å². The van der Waals surface area contributed by atoms with Crippen molar-refractivity contribution in [3.05, 3.63) is 52.8 Å². The first-order valence-corrected chi connectivity index (χ1v) is 10.9. The highest BCUT2D eigenvalue weighted by Crippen LogP contribution is 2.53. The summed E-state index contributed by atoms with van der Waals surface area (Å²) in [7, 11) is 0. The molecule has 12 heteroatoms. The number of halogens is 2. The maximum atomic E-state index is 13.3. The lowest BCUT2D eigenvalue weighted by molar-refractivity contribution is 0.255. The van der Waals surface area contributed by atoms with Gasteiger partial charge in [0.25, 0.3) is 0 Å². The largest absolute Gasteiger partial charge is 0.326 e. The fourth-order valence-electron chi connectivity index (χ4n) is 4.50.